The van der Waals surface area contributed by atoms with Crippen LogP contribution in [0.3, 0.4) is 0 Å². The van der Waals surface area contributed by atoms with Crippen molar-refractivity contribution in [2.45, 2.75) is 20.4 Å². The highest BCUT2D eigenvalue weighted by molar-refractivity contribution is 7.26. The minimum Gasteiger partial charge on any atom is -0.365 e. The summed E-state index contributed by atoms with van der Waals surface area (Å²) < 4.78 is 1.01. The molecule has 0 atom stereocenters. The molecule has 0 unspecified atom stereocenters. The number of hydrogen-bond acceptors (Lipinski definition) is 8. The highest BCUT2D eigenvalue weighted by Crippen LogP contribution is 2.36. The van der Waals surface area contributed by atoms with E-state index in [0.717, 1.165) is 48.1 Å². The minimum atomic E-state index is 0.683. The Morgan fingerprint density at radius 2 is 1.86 bits per heavy atom. The summed E-state index contributed by atoms with van der Waals surface area (Å²) in [5.74, 6) is 0.828. The Balaban J connectivity index is 1.45. The number of aryl methyl sites for hydroxylation is 2. The van der Waals surface area contributed by atoms with Gasteiger partial charge in [-0.2, -0.15) is 5.10 Å². The summed E-state index contributed by atoms with van der Waals surface area (Å²) in [6.45, 7) is 4.72. The average molecular weight is 405 g/mol. The van der Waals surface area contributed by atoms with E-state index in [4.69, 9.17) is 0 Å². The molecular formula is C20H16N6S2. The zero-order valence-electron chi connectivity index (χ0n) is 15.3. The number of benzene rings is 1. The first-order valence-corrected chi connectivity index (χ1v) is 10.5. The van der Waals surface area contributed by atoms with Gasteiger partial charge >= 0.3 is 0 Å². The lowest BCUT2D eigenvalue weighted by Gasteiger charge is -2.07. The van der Waals surface area contributed by atoms with Crippen molar-refractivity contribution in [3.05, 3.63) is 59.0 Å². The normalized spacial score (nSPS) is 11.4. The van der Waals surface area contributed by atoms with Gasteiger partial charge in [-0.1, -0.05) is 24.3 Å². The first-order valence-electron chi connectivity index (χ1n) is 8.80. The minimum absolute atomic E-state index is 0.683. The number of nitrogens with zero attached hydrogens (tertiary/aromatic N) is 5. The fourth-order valence-corrected chi connectivity index (χ4v) is 4.87. The molecule has 28 heavy (non-hydrogen) atoms. The monoisotopic (exact) mass is 404 g/mol. The maximum absolute atomic E-state index is 4.51. The van der Waals surface area contributed by atoms with Crippen LogP contribution >= 0.6 is 22.7 Å². The van der Waals surface area contributed by atoms with Crippen molar-refractivity contribution in [1.82, 2.24) is 25.1 Å². The van der Waals surface area contributed by atoms with Crippen molar-refractivity contribution >= 4 is 48.9 Å². The van der Waals surface area contributed by atoms with Gasteiger partial charge in [-0.15, -0.1) is 27.8 Å². The Labute approximate surface area is 169 Å². The molecule has 0 saturated heterocycles. The summed E-state index contributed by atoms with van der Waals surface area (Å²) >= 11 is 3.22. The molecule has 0 spiro atoms. The standard InChI is InChI=1S/C20H16N6S2/c1-11-12(2)25-26-20-15(11)16-17(28-20)18(24-10-23-16)22-9-13-3-5-14(6-4-13)19-21-7-8-27-19/h3-8,10H,9H2,1-2H3,(H,22,23,24). The second-order valence-electron chi connectivity index (χ2n) is 6.48. The van der Waals surface area contributed by atoms with Crippen LogP contribution in [0.4, 0.5) is 5.82 Å². The van der Waals surface area contributed by atoms with Gasteiger partial charge in [0.05, 0.1) is 15.9 Å². The third-order valence-electron chi connectivity index (χ3n) is 4.75. The molecule has 5 aromatic rings. The zero-order chi connectivity index (χ0) is 19.1. The molecule has 6 nitrogen and oxygen atoms in total. The fourth-order valence-electron chi connectivity index (χ4n) is 3.13. The van der Waals surface area contributed by atoms with Gasteiger partial charge in [-0.3, -0.25) is 0 Å². The lowest BCUT2D eigenvalue weighted by atomic mass is 10.1. The molecule has 0 aliphatic heterocycles. The van der Waals surface area contributed by atoms with Crippen LogP contribution in [-0.4, -0.2) is 25.1 Å². The molecule has 4 heterocycles. The number of nitrogens with one attached hydrogen (secondary N) is 1. The van der Waals surface area contributed by atoms with Crippen molar-refractivity contribution in [2.75, 3.05) is 5.32 Å². The number of aromatic nitrogens is 5. The lowest BCUT2D eigenvalue weighted by Crippen LogP contribution is -2.01. The summed E-state index contributed by atoms with van der Waals surface area (Å²) in [4.78, 5) is 14.2. The fraction of sp³-hybridized carbons (Fsp3) is 0.150. The van der Waals surface area contributed by atoms with Gasteiger partial charge in [0.25, 0.3) is 0 Å². The number of fused-ring (bicyclic) bond motifs is 3. The van der Waals surface area contributed by atoms with Crippen LogP contribution in [-0.2, 0) is 6.54 Å². The molecule has 0 amide bonds. The highest BCUT2D eigenvalue weighted by atomic mass is 32.1. The van der Waals surface area contributed by atoms with Gasteiger partial charge in [0.1, 0.15) is 22.0 Å². The van der Waals surface area contributed by atoms with Gasteiger partial charge in [-0.05, 0) is 25.0 Å². The predicted octanol–water partition coefficient (Wildman–Crippen LogP) is 4.99. The van der Waals surface area contributed by atoms with Gasteiger partial charge in [0.15, 0.2) is 0 Å². The molecule has 0 aliphatic carbocycles. The second kappa shape index (κ2) is 6.88. The van der Waals surface area contributed by atoms with E-state index in [9.17, 15) is 0 Å². The van der Waals surface area contributed by atoms with E-state index in [1.807, 2.05) is 18.5 Å². The Morgan fingerprint density at radius 1 is 1.00 bits per heavy atom. The summed E-state index contributed by atoms with van der Waals surface area (Å²) in [6, 6.07) is 8.44. The predicted molar refractivity (Wildman–Crippen MR) is 115 cm³/mol. The molecule has 0 radical (unpaired) electrons. The summed E-state index contributed by atoms with van der Waals surface area (Å²) in [7, 11) is 0. The molecule has 0 fully saturated rings. The van der Waals surface area contributed by atoms with Crippen LogP contribution in [0.1, 0.15) is 16.8 Å². The van der Waals surface area contributed by atoms with Crippen molar-refractivity contribution in [2.24, 2.45) is 0 Å². The molecule has 5 rings (SSSR count). The van der Waals surface area contributed by atoms with E-state index in [0.29, 0.717) is 6.54 Å². The van der Waals surface area contributed by atoms with Crippen LogP contribution < -0.4 is 5.32 Å². The molecule has 138 valence electrons. The van der Waals surface area contributed by atoms with E-state index in [-0.39, 0.29) is 0 Å². The van der Waals surface area contributed by atoms with Crippen LogP contribution in [0.5, 0.6) is 0 Å². The van der Waals surface area contributed by atoms with E-state index in [2.05, 4.69) is 61.7 Å². The number of thiazole rings is 1. The zero-order valence-corrected chi connectivity index (χ0v) is 16.9. The topological polar surface area (TPSA) is 76.5 Å². The van der Waals surface area contributed by atoms with Gasteiger partial charge in [0.2, 0.25) is 0 Å². The number of anilines is 1. The maximum Gasteiger partial charge on any atom is 0.149 e. The summed E-state index contributed by atoms with van der Waals surface area (Å²) in [5.41, 5.74) is 5.31. The Kier molecular flexibility index (Phi) is 4.22. The lowest BCUT2D eigenvalue weighted by molar-refractivity contribution is 1.01. The van der Waals surface area contributed by atoms with Crippen molar-refractivity contribution in [3.8, 4) is 10.6 Å². The molecule has 8 heteroatoms. The Bertz CT molecular complexity index is 1280. The van der Waals surface area contributed by atoms with Crippen LogP contribution in [0.2, 0.25) is 0 Å². The third kappa shape index (κ3) is 2.90. The van der Waals surface area contributed by atoms with Gasteiger partial charge in [-0.25, -0.2) is 15.0 Å². The number of rotatable bonds is 4. The first kappa shape index (κ1) is 17.2. The van der Waals surface area contributed by atoms with Gasteiger partial charge < -0.3 is 5.32 Å². The van der Waals surface area contributed by atoms with Crippen LogP contribution in [0.25, 0.3) is 31.0 Å². The molecule has 1 N–H and O–H groups in total. The molecule has 0 aliphatic rings. The summed E-state index contributed by atoms with van der Waals surface area (Å²) in [5, 5.41) is 16.1. The average Bonchev–Trinajstić information content (AvgIpc) is 3.38. The smallest absolute Gasteiger partial charge is 0.149 e. The van der Waals surface area contributed by atoms with E-state index >= 15 is 0 Å². The van der Waals surface area contributed by atoms with E-state index in [1.165, 1.54) is 5.56 Å². The number of hydrogen-bond donors (Lipinski definition) is 1. The van der Waals surface area contributed by atoms with Crippen LogP contribution in [0.15, 0.2) is 42.2 Å². The summed E-state index contributed by atoms with van der Waals surface area (Å²) in [6.07, 6.45) is 3.44. The molecular weight excluding hydrogens is 388 g/mol. The molecule has 0 saturated carbocycles. The van der Waals surface area contributed by atoms with Crippen molar-refractivity contribution < 1.29 is 0 Å². The molecule has 1 aromatic carbocycles. The van der Waals surface area contributed by atoms with E-state index in [1.54, 1.807) is 29.0 Å². The van der Waals surface area contributed by atoms with Gasteiger partial charge in [0, 0.05) is 29.1 Å². The Hall–Kier alpha value is -2.97. The van der Waals surface area contributed by atoms with Crippen molar-refractivity contribution in [3.63, 3.8) is 0 Å². The maximum atomic E-state index is 4.51. The second-order valence-corrected chi connectivity index (χ2v) is 8.37. The van der Waals surface area contributed by atoms with Crippen molar-refractivity contribution in [1.29, 1.82) is 0 Å². The quantitative estimate of drug-likeness (QED) is 0.455. The third-order valence-corrected chi connectivity index (χ3v) is 6.65. The molecule has 4 aromatic heterocycles. The largest absolute Gasteiger partial charge is 0.365 e. The molecule has 0 bridgehead atoms. The SMILES string of the molecule is Cc1nnc2sc3c(NCc4ccc(-c5nccs5)cc4)ncnc3c2c1C. The highest BCUT2D eigenvalue weighted by Gasteiger charge is 2.15. The van der Waals surface area contributed by atoms with E-state index < -0.39 is 0 Å². The van der Waals surface area contributed by atoms with Crippen LogP contribution in [0, 0.1) is 13.8 Å². The Morgan fingerprint density at radius 3 is 2.64 bits per heavy atom. The first-order chi connectivity index (χ1) is 13.7. The number of thiophene rings is 1.